The molecule has 3 rings (SSSR count). The Bertz CT molecular complexity index is 684. The zero-order valence-electron chi connectivity index (χ0n) is 11.9. The first-order valence-electron chi connectivity index (χ1n) is 6.89. The van der Waals surface area contributed by atoms with Crippen LogP contribution < -0.4 is 0 Å². The van der Waals surface area contributed by atoms with Gasteiger partial charge in [-0.1, -0.05) is 11.6 Å². The Balaban J connectivity index is 1.89. The molecule has 1 aromatic carbocycles. The number of hydrogen-bond acceptors (Lipinski definition) is 5. The van der Waals surface area contributed by atoms with Crippen molar-refractivity contribution in [3.05, 3.63) is 34.6 Å². The van der Waals surface area contributed by atoms with Gasteiger partial charge in [0.25, 0.3) is 0 Å². The quantitative estimate of drug-likeness (QED) is 0.851. The van der Waals surface area contributed by atoms with Gasteiger partial charge in [0, 0.05) is 13.1 Å². The van der Waals surface area contributed by atoms with Gasteiger partial charge in [-0.2, -0.15) is 17.9 Å². The summed E-state index contributed by atoms with van der Waals surface area (Å²) in [6.07, 6.45) is -4.54. The van der Waals surface area contributed by atoms with Crippen LogP contribution in [0.4, 0.5) is 13.2 Å². The number of nitrogens with zero attached hydrogens (tertiary/aromatic N) is 5. The summed E-state index contributed by atoms with van der Waals surface area (Å²) in [6.45, 7) is 3.10. The van der Waals surface area contributed by atoms with E-state index in [0.717, 1.165) is 19.2 Å². The molecule has 1 saturated heterocycles. The summed E-state index contributed by atoms with van der Waals surface area (Å²) >= 11 is 5.63. The Morgan fingerprint density at radius 3 is 2.65 bits per heavy atom. The maximum Gasteiger partial charge on any atom is 0.417 e. The molecule has 0 amide bonds. The number of aromatic nitrogens is 4. The van der Waals surface area contributed by atoms with E-state index in [1.54, 1.807) is 0 Å². The molecule has 1 aliphatic rings. The first-order chi connectivity index (χ1) is 10.9. The Morgan fingerprint density at radius 1 is 1.22 bits per heavy atom. The average Bonchev–Trinajstić information content (AvgIpc) is 2.96. The number of morpholine rings is 1. The lowest BCUT2D eigenvalue weighted by Gasteiger charge is -2.25. The van der Waals surface area contributed by atoms with Gasteiger partial charge in [-0.3, -0.25) is 4.90 Å². The molecule has 2 heterocycles. The minimum Gasteiger partial charge on any atom is -0.379 e. The predicted molar refractivity (Wildman–Crippen MR) is 75.3 cm³/mol. The minimum atomic E-state index is -4.54. The molecular weight excluding hydrogens is 335 g/mol. The molecule has 6 nitrogen and oxygen atoms in total. The molecule has 124 valence electrons. The summed E-state index contributed by atoms with van der Waals surface area (Å²) in [6, 6.07) is 3.60. The minimum absolute atomic E-state index is 0.218. The fourth-order valence-electron chi connectivity index (χ4n) is 2.33. The number of rotatable bonds is 3. The number of ether oxygens (including phenoxy) is 1. The topological polar surface area (TPSA) is 56.1 Å². The molecule has 10 heteroatoms. The highest BCUT2D eigenvalue weighted by Crippen LogP contribution is 2.35. The maximum atomic E-state index is 13.0. The molecule has 0 radical (unpaired) electrons. The van der Waals surface area contributed by atoms with Crippen LogP contribution in [0.15, 0.2) is 18.2 Å². The molecule has 0 N–H and O–H groups in total. The monoisotopic (exact) mass is 347 g/mol. The summed E-state index contributed by atoms with van der Waals surface area (Å²) in [5.74, 6) is 0.461. The van der Waals surface area contributed by atoms with E-state index in [1.165, 1.54) is 16.8 Å². The van der Waals surface area contributed by atoms with E-state index in [4.69, 9.17) is 16.3 Å². The Kier molecular flexibility index (Phi) is 4.51. The number of benzene rings is 1. The highest BCUT2D eigenvalue weighted by Gasteiger charge is 2.33. The van der Waals surface area contributed by atoms with E-state index < -0.39 is 11.7 Å². The van der Waals surface area contributed by atoms with Crippen molar-refractivity contribution < 1.29 is 17.9 Å². The normalized spacial score (nSPS) is 16.7. The van der Waals surface area contributed by atoms with Gasteiger partial charge in [-0.25, -0.2) is 0 Å². The predicted octanol–water partition coefficient (Wildman–Crippen LogP) is 2.17. The molecule has 0 saturated carbocycles. The summed E-state index contributed by atoms with van der Waals surface area (Å²) in [7, 11) is 0. The highest BCUT2D eigenvalue weighted by molar-refractivity contribution is 6.31. The standard InChI is InChI=1S/C13H13ClF3N5O/c14-11-2-1-9(7-10(11)13(15,16)17)22-12(18-19-20-22)8-21-3-5-23-6-4-21/h1-2,7H,3-6,8H2. The molecule has 1 aliphatic heterocycles. The number of alkyl halides is 3. The third kappa shape index (κ3) is 3.62. The van der Waals surface area contributed by atoms with E-state index in [1.807, 2.05) is 0 Å². The van der Waals surface area contributed by atoms with Gasteiger partial charge in [0.05, 0.1) is 36.0 Å². The van der Waals surface area contributed by atoms with Gasteiger partial charge in [0.1, 0.15) is 0 Å². The van der Waals surface area contributed by atoms with Crippen LogP contribution in [0, 0.1) is 0 Å². The van der Waals surface area contributed by atoms with Crippen molar-refractivity contribution in [1.82, 2.24) is 25.1 Å². The zero-order valence-corrected chi connectivity index (χ0v) is 12.7. The first kappa shape index (κ1) is 16.2. The third-order valence-electron chi connectivity index (χ3n) is 3.50. The van der Waals surface area contributed by atoms with E-state index in [2.05, 4.69) is 20.4 Å². The van der Waals surface area contributed by atoms with Crippen LogP contribution in [0.1, 0.15) is 11.4 Å². The lowest BCUT2D eigenvalue weighted by molar-refractivity contribution is -0.137. The van der Waals surface area contributed by atoms with E-state index in [-0.39, 0.29) is 10.7 Å². The lowest BCUT2D eigenvalue weighted by Crippen LogP contribution is -2.36. The van der Waals surface area contributed by atoms with Crippen molar-refractivity contribution in [3.63, 3.8) is 0 Å². The molecule has 1 aromatic heterocycles. The largest absolute Gasteiger partial charge is 0.417 e. The van der Waals surface area contributed by atoms with Crippen LogP contribution in [0.3, 0.4) is 0 Å². The molecule has 0 aliphatic carbocycles. The summed E-state index contributed by atoms with van der Waals surface area (Å²) < 4.78 is 45.5. The average molecular weight is 348 g/mol. The molecule has 0 bridgehead atoms. The van der Waals surface area contributed by atoms with E-state index >= 15 is 0 Å². The van der Waals surface area contributed by atoms with Gasteiger partial charge < -0.3 is 4.74 Å². The second-order valence-electron chi connectivity index (χ2n) is 5.06. The molecule has 1 fully saturated rings. The Morgan fingerprint density at radius 2 is 1.96 bits per heavy atom. The van der Waals surface area contributed by atoms with Crippen molar-refractivity contribution in [2.24, 2.45) is 0 Å². The SMILES string of the molecule is FC(F)(F)c1cc(-n2nnnc2CN2CCOCC2)ccc1Cl. The lowest BCUT2D eigenvalue weighted by atomic mass is 10.2. The zero-order chi connectivity index (χ0) is 16.4. The van der Waals surface area contributed by atoms with Crippen LogP contribution in [-0.2, 0) is 17.5 Å². The van der Waals surface area contributed by atoms with Gasteiger partial charge in [-0.05, 0) is 28.6 Å². The molecule has 23 heavy (non-hydrogen) atoms. The molecule has 0 spiro atoms. The van der Waals surface area contributed by atoms with Crippen LogP contribution in [-0.4, -0.2) is 51.4 Å². The summed E-state index contributed by atoms with van der Waals surface area (Å²) in [5.41, 5.74) is -0.695. The molecular formula is C13H13ClF3N5O. The van der Waals surface area contributed by atoms with Gasteiger partial charge in [-0.15, -0.1) is 5.10 Å². The van der Waals surface area contributed by atoms with Crippen molar-refractivity contribution in [1.29, 1.82) is 0 Å². The Hall–Kier alpha value is -1.71. The third-order valence-corrected chi connectivity index (χ3v) is 3.83. The maximum absolute atomic E-state index is 13.0. The van der Waals surface area contributed by atoms with Gasteiger partial charge in [0.15, 0.2) is 5.82 Å². The highest BCUT2D eigenvalue weighted by atomic mass is 35.5. The number of hydrogen-bond donors (Lipinski definition) is 0. The number of halogens is 4. The molecule has 2 aromatic rings. The van der Waals surface area contributed by atoms with Crippen molar-refractivity contribution in [2.45, 2.75) is 12.7 Å². The second kappa shape index (κ2) is 6.42. The van der Waals surface area contributed by atoms with Crippen LogP contribution in [0.25, 0.3) is 5.69 Å². The van der Waals surface area contributed by atoms with Crippen LogP contribution in [0.2, 0.25) is 5.02 Å². The fourth-order valence-corrected chi connectivity index (χ4v) is 2.55. The summed E-state index contributed by atoms with van der Waals surface area (Å²) in [4.78, 5) is 2.08. The van der Waals surface area contributed by atoms with Crippen molar-refractivity contribution in [2.75, 3.05) is 26.3 Å². The second-order valence-corrected chi connectivity index (χ2v) is 5.46. The molecule has 0 unspecified atom stereocenters. The summed E-state index contributed by atoms with van der Waals surface area (Å²) in [5, 5.41) is 10.9. The number of tetrazole rings is 1. The van der Waals surface area contributed by atoms with Crippen LogP contribution >= 0.6 is 11.6 Å². The van der Waals surface area contributed by atoms with E-state index in [9.17, 15) is 13.2 Å². The fraction of sp³-hybridized carbons (Fsp3) is 0.462. The van der Waals surface area contributed by atoms with Gasteiger partial charge in [0.2, 0.25) is 0 Å². The van der Waals surface area contributed by atoms with Gasteiger partial charge >= 0.3 is 6.18 Å². The van der Waals surface area contributed by atoms with Crippen LogP contribution in [0.5, 0.6) is 0 Å². The van der Waals surface area contributed by atoms with E-state index in [0.29, 0.717) is 25.6 Å². The first-order valence-corrected chi connectivity index (χ1v) is 7.27. The van der Waals surface area contributed by atoms with Crippen molar-refractivity contribution in [3.8, 4) is 5.69 Å². The Labute approximate surface area is 134 Å². The molecule has 0 atom stereocenters. The van der Waals surface area contributed by atoms with Crippen molar-refractivity contribution >= 4 is 11.6 Å². The smallest absolute Gasteiger partial charge is 0.379 e.